The third-order valence-corrected chi connectivity index (χ3v) is 6.31. The number of morpholine rings is 1. The van der Waals surface area contributed by atoms with Crippen molar-refractivity contribution in [3.05, 3.63) is 57.8 Å². The van der Waals surface area contributed by atoms with E-state index in [1.54, 1.807) is 12.1 Å². The van der Waals surface area contributed by atoms with E-state index >= 15 is 0 Å². The standard InChI is InChI=1S/C21H21Cl2FN2O2.C2HF3O2/c22-19-12-16(14-1-3-17(24)4-2-14)13-20(23)18(19)11-15-5-6-26(21(15)27)25-7-9-28-10-8-25;3-2(4,5)1(6)7/h1-4,12-13,15H,5-11H2;(H,6,7)/t15-;/m0./s1. The van der Waals surface area contributed by atoms with Crippen LogP contribution in [-0.2, 0) is 20.7 Å². The summed E-state index contributed by atoms with van der Waals surface area (Å²) in [5, 5.41) is 12.1. The number of nitrogens with zero attached hydrogens (tertiary/aromatic N) is 2. The largest absolute Gasteiger partial charge is 0.490 e. The zero-order valence-electron chi connectivity index (χ0n) is 18.3. The fourth-order valence-corrected chi connectivity index (χ4v) is 4.48. The number of aliphatic carboxylic acids is 1. The molecule has 1 amide bonds. The Morgan fingerprint density at radius 3 is 2.09 bits per heavy atom. The van der Waals surface area contributed by atoms with Crippen molar-refractivity contribution < 1.29 is 37.0 Å². The number of benzene rings is 2. The third kappa shape index (κ3) is 7.07. The number of carboxylic acid groups (broad SMARTS) is 1. The maximum atomic E-state index is 13.2. The number of carbonyl (C=O) groups is 2. The van der Waals surface area contributed by atoms with Gasteiger partial charge in [0, 0.05) is 35.6 Å². The van der Waals surface area contributed by atoms with Gasteiger partial charge in [0.2, 0.25) is 5.91 Å². The minimum absolute atomic E-state index is 0.122. The van der Waals surface area contributed by atoms with Crippen LogP contribution in [0.2, 0.25) is 10.0 Å². The Labute approximate surface area is 208 Å². The molecule has 0 aromatic heterocycles. The molecule has 1 atom stereocenters. The molecule has 6 nitrogen and oxygen atoms in total. The second-order valence-corrected chi connectivity index (χ2v) is 8.76. The van der Waals surface area contributed by atoms with Gasteiger partial charge < -0.3 is 9.84 Å². The second kappa shape index (κ2) is 11.6. The Morgan fingerprint density at radius 1 is 1.03 bits per heavy atom. The van der Waals surface area contributed by atoms with Crippen molar-refractivity contribution in [1.29, 1.82) is 0 Å². The molecule has 0 spiro atoms. The molecule has 2 heterocycles. The molecule has 190 valence electrons. The number of hydrazine groups is 1. The first kappa shape index (κ1) is 27.2. The lowest BCUT2D eigenvalue weighted by Crippen LogP contribution is -2.49. The molecular formula is C23H22Cl2F4N2O4. The fourth-order valence-electron chi connectivity index (χ4n) is 3.84. The smallest absolute Gasteiger partial charge is 0.475 e. The molecule has 2 fully saturated rings. The minimum Gasteiger partial charge on any atom is -0.475 e. The van der Waals surface area contributed by atoms with E-state index < -0.39 is 12.1 Å². The molecule has 35 heavy (non-hydrogen) atoms. The summed E-state index contributed by atoms with van der Waals surface area (Å²) < 4.78 is 50.3. The molecule has 2 aliphatic rings. The highest BCUT2D eigenvalue weighted by atomic mass is 35.5. The molecular weight excluding hydrogens is 515 g/mol. The van der Waals surface area contributed by atoms with E-state index in [9.17, 15) is 22.4 Å². The van der Waals surface area contributed by atoms with Gasteiger partial charge >= 0.3 is 12.1 Å². The second-order valence-electron chi connectivity index (χ2n) is 7.95. The number of carboxylic acids is 1. The summed E-state index contributed by atoms with van der Waals surface area (Å²) in [5.74, 6) is -3.05. The quantitative estimate of drug-likeness (QED) is 0.552. The molecule has 2 aromatic carbocycles. The van der Waals surface area contributed by atoms with E-state index in [1.165, 1.54) is 12.1 Å². The number of ether oxygens (including phenoxy) is 1. The van der Waals surface area contributed by atoms with Crippen molar-refractivity contribution >= 4 is 35.1 Å². The van der Waals surface area contributed by atoms with Crippen LogP contribution in [0.4, 0.5) is 17.6 Å². The maximum Gasteiger partial charge on any atom is 0.490 e. The summed E-state index contributed by atoms with van der Waals surface area (Å²) >= 11 is 13.0. The molecule has 0 radical (unpaired) electrons. The van der Waals surface area contributed by atoms with E-state index in [0.717, 1.165) is 36.2 Å². The summed E-state index contributed by atoms with van der Waals surface area (Å²) in [6.45, 7) is 3.50. The van der Waals surface area contributed by atoms with Gasteiger partial charge in [-0.1, -0.05) is 35.3 Å². The summed E-state index contributed by atoms with van der Waals surface area (Å²) in [6, 6.07) is 9.85. The normalized spacial score (nSPS) is 18.9. The van der Waals surface area contributed by atoms with Crippen molar-refractivity contribution in [3.63, 3.8) is 0 Å². The van der Waals surface area contributed by atoms with E-state index in [4.69, 9.17) is 37.8 Å². The zero-order chi connectivity index (χ0) is 25.8. The van der Waals surface area contributed by atoms with Crippen molar-refractivity contribution in [2.24, 2.45) is 5.92 Å². The SMILES string of the molecule is O=C(O)C(F)(F)F.O=C1[C@H](Cc2c(Cl)cc(-c3ccc(F)cc3)cc2Cl)CCN1N1CCOCC1. The Bertz CT molecular complexity index is 1040. The van der Waals surface area contributed by atoms with E-state index in [-0.39, 0.29) is 17.6 Å². The first-order valence-corrected chi connectivity index (χ1v) is 11.4. The molecule has 2 aliphatic heterocycles. The number of alkyl halides is 3. The average Bonchev–Trinajstić information content (AvgIpc) is 3.17. The zero-order valence-corrected chi connectivity index (χ0v) is 19.8. The average molecular weight is 537 g/mol. The number of amides is 1. The highest BCUT2D eigenvalue weighted by molar-refractivity contribution is 6.36. The van der Waals surface area contributed by atoms with Gasteiger partial charge in [-0.3, -0.25) is 9.80 Å². The first-order valence-electron chi connectivity index (χ1n) is 10.7. The molecule has 12 heteroatoms. The maximum absolute atomic E-state index is 13.2. The molecule has 0 unspecified atom stereocenters. The van der Waals surface area contributed by atoms with Gasteiger partial charge in [-0.25, -0.2) is 14.2 Å². The van der Waals surface area contributed by atoms with Crippen LogP contribution in [0.1, 0.15) is 12.0 Å². The lowest BCUT2D eigenvalue weighted by atomic mass is 9.95. The Morgan fingerprint density at radius 2 is 1.57 bits per heavy atom. The number of hydrogen-bond acceptors (Lipinski definition) is 4. The fraction of sp³-hybridized carbons (Fsp3) is 0.391. The molecule has 2 aromatic rings. The lowest BCUT2D eigenvalue weighted by molar-refractivity contribution is -0.192. The third-order valence-electron chi connectivity index (χ3n) is 5.63. The van der Waals surface area contributed by atoms with Crippen LogP contribution >= 0.6 is 23.2 Å². The van der Waals surface area contributed by atoms with Gasteiger partial charge in [0.25, 0.3) is 0 Å². The van der Waals surface area contributed by atoms with Gasteiger partial charge in [0.05, 0.1) is 13.2 Å². The Hall–Kier alpha value is -2.40. The topological polar surface area (TPSA) is 70.1 Å². The summed E-state index contributed by atoms with van der Waals surface area (Å²) in [5.41, 5.74) is 2.45. The molecule has 0 aliphatic carbocycles. The number of hydrogen-bond donors (Lipinski definition) is 1. The number of rotatable bonds is 4. The van der Waals surface area contributed by atoms with E-state index in [1.807, 2.05) is 17.1 Å². The van der Waals surface area contributed by atoms with Crippen LogP contribution in [0.25, 0.3) is 11.1 Å². The van der Waals surface area contributed by atoms with Crippen molar-refractivity contribution in [1.82, 2.24) is 10.0 Å². The van der Waals surface area contributed by atoms with Gasteiger partial charge in [0.15, 0.2) is 0 Å². The predicted molar refractivity (Wildman–Crippen MR) is 121 cm³/mol. The first-order chi connectivity index (χ1) is 16.5. The highest BCUT2D eigenvalue weighted by Crippen LogP contribution is 2.35. The molecule has 0 saturated carbocycles. The minimum atomic E-state index is -5.08. The van der Waals surface area contributed by atoms with Crippen LogP contribution in [0.5, 0.6) is 0 Å². The molecule has 2 saturated heterocycles. The Balaban J connectivity index is 0.000000429. The van der Waals surface area contributed by atoms with E-state index in [0.29, 0.717) is 36.2 Å². The van der Waals surface area contributed by atoms with Gasteiger partial charge in [0.1, 0.15) is 5.82 Å². The lowest BCUT2D eigenvalue weighted by Gasteiger charge is -2.34. The summed E-state index contributed by atoms with van der Waals surface area (Å²) in [6.07, 6.45) is -3.79. The van der Waals surface area contributed by atoms with Crippen molar-refractivity contribution in [2.75, 3.05) is 32.8 Å². The number of carbonyl (C=O) groups excluding carboxylic acids is 1. The monoisotopic (exact) mass is 536 g/mol. The predicted octanol–water partition coefficient (Wildman–Crippen LogP) is 5.07. The van der Waals surface area contributed by atoms with Crippen LogP contribution in [0.3, 0.4) is 0 Å². The van der Waals surface area contributed by atoms with Gasteiger partial charge in [-0.2, -0.15) is 13.2 Å². The van der Waals surface area contributed by atoms with Crippen LogP contribution in [0.15, 0.2) is 36.4 Å². The van der Waals surface area contributed by atoms with Gasteiger partial charge in [-0.15, -0.1) is 0 Å². The van der Waals surface area contributed by atoms with Gasteiger partial charge in [-0.05, 0) is 53.8 Å². The Kier molecular flexibility index (Phi) is 8.98. The molecule has 0 bridgehead atoms. The molecule has 1 N–H and O–H groups in total. The van der Waals surface area contributed by atoms with Crippen LogP contribution < -0.4 is 0 Å². The highest BCUT2D eigenvalue weighted by Gasteiger charge is 2.38. The van der Waals surface area contributed by atoms with E-state index in [2.05, 4.69) is 5.01 Å². The van der Waals surface area contributed by atoms with Crippen LogP contribution in [-0.4, -0.2) is 66.0 Å². The van der Waals surface area contributed by atoms with Crippen molar-refractivity contribution in [3.8, 4) is 11.1 Å². The van der Waals surface area contributed by atoms with Crippen molar-refractivity contribution in [2.45, 2.75) is 19.0 Å². The van der Waals surface area contributed by atoms with Crippen LogP contribution in [0, 0.1) is 11.7 Å². The summed E-state index contributed by atoms with van der Waals surface area (Å²) in [7, 11) is 0. The number of halogens is 6. The molecule has 4 rings (SSSR count). The summed E-state index contributed by atoms with van der Waals surface area (Å²) in [4.78, 5) is 21.8.